The number of hydrogen-bond acceptors (Lipinski definition) is 3. The molecule has 0 spiro atoms. The molecule has 3 N–H and O–H groups in total. The highest BCUT2D eigenvalue weighted by Gasteiger charge is 2.17. The number of anilines is 2. The van der Waals surface area contributed by atoms with Gasteiger partial charge in [-0.15, -0.1) is 0 Å². The lowest BCUT2D eigenvalue weighted by atomic mass is 10.2. The van der Waals surface area contributed by atoms with Crippen molar-refractivity contribution >= 4 is 45.2 Å². The molecule has 4 rings (SSSR count). The van der Waals surface area contributed by atoms with Crippen molar-refractivity contribution in [1.82, 2.24) is 14.6 Å². The molecule has 0 aliphatic rings. The van der Waals surface area contributed by atoms with Gasteiger partial charge in [-0.25, -0.2) is 18.4 Å². The predicted octanol–water partition coefficient (Wildman–Crippen LogP) is 4.67. The van der Waals surface area contributed by atoms with Gasteiger partial charge in [0.1, 0.15) is 0 Å². The average Bonchev–Trinajstić information content (AvgIpc) is 3.16. The Kier molecular flexibility index (Phi) is 3.54. The highest BCUT2D eigenvalue weighted by Crippen LogP contribution is 2.32. The SMILES string of the molecule is CNn1c(Nc2c[nH]c3ccc(F)c(F)c23)nc2c(C)c(Cl)ccc21. The van der Waals surface area contributed by atoms with Crippen molar-refractivity contribution in [1.29, 1.82) is 0 Å². The Morgan fingerprint density at radius 1 is 1.20 bits per heavy atom. The smallest absolute Gasteiger partial charge is 0.227 e. The van der Waals surface area contributed by atoms with Gasteiger partial charge in [0.25, 0.3) is 0 Å². The maximum atomic E-state index is 14.2. The van der Waals surface area contributed by atoms with Gasteiger partial charge in [-0.05, 0) is 36.8 Å². The fraction of sp³-hybridized carbons (Fsp3) is 0.118. The summed E-state index contributed by atoms with van der Waals surface area (Å²) in [5, 5.41) is 3.81. The first-order valence-corrected chi connectivity index (χ1v) is 7.96. The summed E-state index contributed by atoms with van der Waals surface area (Å²) in [6, 6.07) is 6.21. The molecule has 0 amide bonds. The zero-order valence-electron chi connectivity index (χ0n) is 13.4. The molecule has 25 heavy (non-hydrogen) atoms. The van der Waals surface area contributed by atoms with Gasteiger partial charge in [-0.3, -0.25) is 0 Å². The first-order valence-electron chi connectivity index (χ1n) is 7.58. The van der Waals surface area contributed by atoms with Crippen molar-refractivity contribution in [3.8, 4) is 0 Å². The molecule has 0 unspecified atom stereocenters. The number of imidazole rings is 1. The standard InChI is InChI=1S/C17H14ClF2N5/c1-8-9(18)3-6-13-16(8)24-17(25(13)21-2)23-12-7-22-11-5-4-10(19)15(20)14(11)12/h3-7,21-22H,1-2H3,(H,23,24). The minimum atomic E-state index is -0.910. The van der Waals surface area contributed by atoms with Crippen LogP contribution < -0.4 is 10.7 Å². The van der Waals surface area contributed by atoms with E-state index in [-0.39, 0.29) is 5.39 Å². The van der Waals surface area contributed by atoms with E-state index in [9.17, 15) is 8.78 Å². The number of hydrogen-bond donors (Lipinski definition) is 3. The number of nitrogens with one attached hydrogen (secondary N) is 3. The first kappa shape index (κ1) is 15.7. The third kappa shape index (κ3) is 2.31. The van der Waals surface area contributed by atoms with E-state index in [2.05, 4.69) is 20.7 Å². The van der Waals surface area contributed by atoms with Crippen LogP contribution >= 0.6 is 11.6 Å². The Labute approximate surface area is 146 Å². The molecule has 0 atom stereocenters. The molecule has 0 saturated heterocycles. The van der Waals surface area contributed by atoms with Gasteiger partial charge in [0.05, 0.1) is 27.6 Å². The molecule has 0 aliphatic heterocycles. The van der Waals surface area contributed by atoms with E-state index < -0.39 is 11.6 Å². The number of nitrogens with zero attached hydrogens (tertiary/aromatic N) is 2. The van der Waals surface area contributed by atoms with Crippen LogP contribution in [0.3, 0.4) is 0 Å². The van der Waals surface area contributed by atoms with E-state index in [0.717, 1.165) is 22.7 Å². The Morgan fingerprint density at radius 3 is 2.76 bits per heavy atom. The summed E-state index contributed by atoms with van der Waals surface area (Å²) in [6.07, 6.45) is 1.58. The maximum absolute atomic E-state index is 14.2. The van der Waals surface area contributed by atoms with Gasteiger partial charge >= 0.3 is 0 Å². The molecule has 4 aromatic rings. The van der Waals surface area contributed by atoms with Gasteiger partial charge in [-0.2, -0.15) is 0 Å². The quantitative estimate of drug-likeness (QED) is 0.497. The minimum absolute atomic E-state index is 0.143. The zero-order chi connectivity index (χ0) is 17.7. The van der Waals surface area contributed by atoms with E-state index in [0.29, 0.717) is 22.2 Å². The van der Waals surface area contributed by atoms with Crippen LogP contribution in [0.2, 0.25) is 5.02 Å². The van der Waals surface area contributed by atoms with Gasteiger partial charge in [0, 0.05) is 18.3 Å². The Bertz CT molecular complexity index is 1120. The minimum Gasteiger partial charge on any atom is -0.359 e. The van der Waals surface area contributed by atoms with Crippen molar-refractivity contribution in [2.75, 3.05) is 17.8 Å². The second kappa shape index (κ2) is 5.63. The second-order valence-corrected chi connectivity index (χ2v) is 6.05. The Morgan fingerprint density at radius 2 is 2.00 bits per heavy atom. The van der Waals surface area contributed by atoms with E-state index >= 15 is 0 Å². The van der Waals surface area contributed by atoms with Crippen molar-refractivity contribution < 1.29 is 8.78 Å². The van der Waals surface area contributed by atoms with Crippen molar-refractivity contribution in [2.45, 2.75) is 6.92 Å². The summed E-state index contributed by atoms with van der Waals surface area (Å²) >= 11 is 6.17. The molecule has 2 aromatic carbocycles. The fourth-order valence-corrected chi connectivity index (χ4v) is 3.09. The molecule has 2 aromatic heterocycles. The lowest BCUT2D eigenvalue weighted by Crippen LogP contribution is -2.12. The average molecular weight is 362 g/mol. The first-order chi connectivity index (χ1) is 12.0. The van der Waals surface area contributed by atoms with E-state index in [1.807, 2.05) is 13.0 Å². The van der Waals surface area contributed by atoms with Crippen LogP contribution in [0.15, 0.2) is 30.5 Å². The van der Waals surface area contributed by atoms with Gasteiger partial charge < -0.3 is 15.7 Å². The number of fused-ring (bicyclic) bond motifs is 2. The zero-order valence-corrected chi connectivity index (χ0v) is 14.2. The third-order valence-electron chi connectivity index (χ3n) is 4.22. The molecule has 0 fully saturated rings. The van der Waals surface area contributed by atoms with Crippen LogP contribution in [0.5, 0.6) is 0 Å². The van der Waals surface area contributed by atoms with Crippen LogP contribution in [0.1, 0.15) is 5.56 Å². The summed E-state index contributed by atoms with van der Waals surface area (Å²) < 4.78 is 29.5. The Balaban J connectivity index is 1.89. The normalized spacial score (nSPS) is 11.4. The summed E-state index contributed by atoms with van der Waals surface area (Å²) in [5.41, 5.74) is 6.28. The summed E-state index contributed by atoms with van der Waals surface area (Å²) in [4.78, 5) is 7.47. The molecule has 0 radical (unpaired) electrons. The van der Waals surface area contributed by atoms with Crippen molar-refractivity contribution in [3.63, 3.8) is 0 Å². The number of H-pyrrole nitrogens is 1. The number of aryl methyl sites for hydroxylation is 1. The van der Waals surface area contributed by atoms with Gasteiger partial charge in [-0.1, -0.05) is 11.6 Å². The molecule has 2 heterocycles. The predicted molar refractivity (Wildman–Crippen MR) is 96.3 cm³/mol. The highest BCUT2D eigenvalue weighted by atomic mass is 35.5. The highest BCUT2D eigenvalue weighted by molar-refractivity contribution is 6.32. The fourth-order valence-electron chi connectivity index (χ4n) is 2.94. The lowest BCUT2D eigenvalue weighted by molar-refractivity contribution is 0.517. The van der Waals surface area contributed by atoms with E-state index in [1.54, 1.807) is 24.0 Å². The van der Waals surface area contributed by atoms with Crippen LogP contribution in [0, 0.1) is 18.6 Å². The van der Waals surface area contributed by atoms with Crippen LogP contribution in [0.25, 0.3) is 21.9 Å². The monoisotopic (exact) mass is 361 g/mol. The number of halogens is 3. The van der Waals surface area contributed by atoms with Crippen LogP contribution in [-0.2, 0) is 0 Å². The topological polar surface area (TPSA) is 57.7 Å². The molecule has 5 nitrogen and oxygen atoms in total. The summed E-state index contributed by atoms with van der Waals surface area (Å²) in [5.74, 6) is -1.38. The molecule has 128 valence electrons. The van der Waals surface area contributed by atoms with Crippen LogP contribution in [0.4, 0.5) is 20.4 Å². The molecular weight excluding hydrogens is 348 g/mol. The number of aromatic amines is 1. The largest absolute Gasteiger partial charge is 0.359 e. The van der Waals surface area contributed by atoms with Crippen LogP contribution in [-0.4, -0.2) is 21.7 Å². The van der Waals surface area contributed by atoms with Crippen molar-refractivity contribution in [2.24, 2.45) is 0 Å². The third-order valence-corrected chi connectivity index (χ3v) is 4.63. The second-order valence-electron chi connectivity index (χ2n) is 5.65. The molecule has 8 heteroatoms. The summed E-state index contributed by atoms with van der Waals surface area (Å²) in [6.45, 7) is 1.88. The number of benzene rings is 2. The number of aromatic nitrogens is 3. The molecular formula is C17H14ClF2N5. The molecule has 0 saturated carbocycles. The molecule has 0 aliphatic carbocycles. The maximum Gasteiger partial charge on any atom is 0.227 e. The summed E-state index contributed by atoms with van der Waals surface area (Å²) in [7, 11) is 1.74. The lowest BCUT2D eigenvalue weighted by Gasteiger charge is -2.09. The Hall–Kier alpha value is -2.80. The number of rotatable bonds is 3. The molecule has 0 bridgehead atoms. The van der Waals surface area contributed by atoms with E-state index in [4.69, 9.17) is 11.6 Å². The van der Waals surface area contributed by atoms with Gasteiger partial charge in [0.15, 0.2) is 11.6 Å². The van der Waals surface area contributed by atoms with E-state index in [1.165, 1.54) is 6.07 Å². The van der Waals surface area contributed by atoms with Crippen molar-refractivity contribution in [3.05, 3.63) is 52.7 Å². The van der Waals surface area contributed by atoms with Gasteiger partial charge in [0.2, 0.25) is 5.95 Å².